The SMILES string of the molecule is COc1ccc(NC(C)=O)cc1NCCOC(=O)CCl. The quantitative estimate of drug-likeness (QED) is 0.456. The molecule has 0 aliphatic heterocycles. The normalized spacial score (nSPS) is 9.75. The maximum atomic E-state index is 11.0. The van der Waals surface area contributed by atoms with Crippen LogP contribution in [-0.4, -0.2) is 38.0 Å². The van der Waals surface area contributed by atoms with E-state index in [0.717, 1.165) is 0 Å². The first-order valence-electron chi connectivity index (χ1n) is 5.98. The molecule has 2 N–H and O–H groups in total. The molecule has 6 nitrogen and oxygen atoms in total. The summed E-state index contributed by atoms with van der Waals surface area (Å²) in [6.45, 7) is 2.03. The summed E-state index contributed by atoms with van der Waals surface area (Å²) in [7, 11) is 1.55. The summed E-state index contributed by atoms with van der Waals surface area (Å²) in [4.78, 5) is 21.9. The van der Waals surface area contributed by atoms with Crippen LogP contribution in [0.4, 0.5) is 11.4 Å². The Morgan fingerprint density at radius 2 is 2.10 bits per heavy atom. The predicted molar refractivity (Wildman–Crippen MR) is 77.5 cm³/mol. The van der Waals surface area contributed by atoms with Gasteiger partial charge in [-0.3, -0.25) is 9.59 Å². The van der Waals surface area contributed by atoms with Crippen LogP contribution in [0.5, 0.6) is 5.75 Å². The maximum Gasteiger partial charge on any atom is 0.320 e. The lowest BCUT2D eigenvalue weighted by Gasteiger charge is -2.13. The van der Waals surface area contributed by atoms with Crippen molar-refractivity contribution in [1.82, 2.24) is 0 Å². The number of anilines is 2. The molecule has 0 saturated carbocycles. The van der Waals surface area contributed by atoms with Crippen LogP contribution < -0.4 is 15.4 Å². The van der Waals surface area contributed by atoms with Gasteiger partial charge in [-0.25, -0.2) is 0 Å². The van der Waals surface area contributed by atoms with Crippen molar-refractivity contribution < 1.29 is 19.1 Å². The van der Waals surface area contributed by atoms with E-state index in [1.165, 1.54) is 6.92 Å². The minimum atomic E-state index is -0.465. The minimum absolute atomic E-state index is 0.155. The monoisotopic (exact) mass is 300 g/mol. The van der Waals surface area contributed by atoms with E-state index in [4.69, 9.17) is 21.1 Å². The first kappa shape index (κ1) is 16.1. The number of carbonyl (C=O) groups is 2. The van der Waals surface area contributed by atoms with Crippen molar-refractivity contribution in [3.8, 4) is 5.75 Å². The summed E-state index contributed by atoms with van der Waals surface area (Å²) < 4.78 is 10.0. The van der Waals surface area contributed by atoms with E-state index < -0.39 is 5.97 Å². The van der Waals surface area contributed by atoms with Crippen LogP contribution in [0, 0.1) is 0 Å². The summed E-state index contributed by atoms with van der Waals surface area (Å²) in [6, 6.07) is 5.21. The Kier molecular flexibility index (Phi) is 6.66. The van der Waals surface area contributed by atoms with Crippen molar-refractivity contribution in [2.75, 3.05) is 36.8 Å². The largest absolute Gasteiger partial charge is 0.495 e. The van der Waals surface area contributed by atoms with Gasteiger partial charge >= 0.3 is 5.97 Å². The van der Waals surface area contributed by atoms with Crippen LogP contribution in [0.25, 0.3) is 0 Å². The van der Waals surface area contributed by atoms with Crippen LogP contribution in [0.1, 0.15) is 6.92 Å². The fraction of sp³-hybridized carbons (Fsp3) is 0.385. The number of carbonyl (C=O) groups excluding carboxylic acids is 2. The van der Waals surface area contributed by atoms with E-state index in [1.54, 1.807) is 25.3 Å². The molecule has 0 saturated heterocycles. The number of hydrogen-bond donors (Lipinski definition) is 2. The third kappa shape index (κ3) is 5.36. The molecule has 20 heavy (non-hydrogen) atoms. The molecule has 110 valence electrons. The van der Waals surface area contributed by atoms with Gasteiger partial charge in [-0.05, 0) is 18.2 Å². The van der Waals surface area contributed by atoms with E-state index in [2.05, 4.69) is 10.6 Å². The van der Waals surface area contributed by atoms with E-state index in [1.807, 2.05) is 0 Å². The molecule has 0 fully saturated rings. The molecule has 0 radical (unpaired) electrons. The Hall–Kier alpha value is -1.95. The molecule has 0 atom stereocenters. The van der Waals surface area contributed by atoms with Crippen LogP contribution in [-0.2, 0) is 14.3 Å². The number of rotatable bonds is 7. The zero-order valence-corrected chi connectivity index (χ0v) is 12.1. The van der Waals surface area contributed by atoms with Gasteiger partial charge in [-0.1, -0.05) is 0 Å². The smallest absolute Gasteiger partial charge is 0.320 e. The maximum absolute atomic E-state index is 11.0. The Morgan fingerprint density at radius 1 is 1.35 bits per heavy atom. The number of methoxy groups -OCH3 is 1. The zero-order chi connectivity index (χ0) is 15.0. The Balaban J connectivity index is 2.61. The van der Waals surface area contributed by atoms with Crippen molar-refractivity contribution in [3.05, 3.63) is 18.2 Å². The fourth-order valence-electron chi connectivity index (χ4n) is 1.52. The van der Waals surface area contributed by atoms with Crippen LogP contribution in [0.2, 0.25) is 0 Å². The number of benzene rings is 1. The molecule has 7 heteroatoms. The molecule has 1 rings (SSSR count). The number of ether oxygens (including phenoxy) is 2. The molecule has 0 unspecified atom stereocenters. The predicted octanol–water partition coefficient (Wildman–Crippen LogP) is 1.85. The molecule has 0 aliphatic rings. The first-order valence-corrected chi connectivity index (χ1v) is 6.51. The van der Waals surface area contributed by atoms with Gasteiger partial charge in [0.1, 0.15) is 18.2 Å². The van der Waals surface area contributed by atoms with Gasteiger partial charge in [0.05, 0.1) is 12.8 Å². The third-order valence-corrected chi connectivity index (χ3v) is 2.53. The second kappa shape index (κ2) is 8.27. The van der Waals surface area contributed by atoms with Crippen LogP contribution in [0.15, 0.2) is 18.2 Å². The Labute approximate surface area is 122 Å². The van der Waals surface area contributed by atoms with Gasteiger partial charge in [0.15, 0.2) is 0 Å². The highest BCUT2D eigenvalue weighted by atomic mass is 35.5. The van der Waals surface area contributed by atoms with Gasteiger partial charge in [0.25, 0.3) is 0 Å². The molecular formula is C13H17ClN2O4. The molecular weight excluding hydrogens is 284 g/mol. The second-order valence-corrected chi connectivity index (χ2v) is 4.14. The minimum Gasteiger partial charge on any atom is -0.495 e. The highest BCUT2D eigenvalue weighted by Gasteiger charge is 2.06. The second-order valence-electron chi connectivity index (χ2n) is 3.88. The van der Waals surface area contributed by atoms with E-state index in [9.17, 15) is 9.59 Å². The number of hydrogen-bond acceptors (Lipinski definition) is 5. The van der Waals surface area contributed by atoms with E-state index >= 15 is 0 Å². The van der Waals surface area contributed by atoms with Crippen LogP contribution in [0.3, 0.4) is 0 Å². The average Bonchev–Trinajstić information content (AvgIpc) is 2.43. The number of alkyl halides is 1. The fourth-order valence-corrected chi connectivity index (χ4v) is 1.59. The van der Waals surface area contributed by atoms with Gasteiger partial charge < -0.3 is 20.1 Å². The van der Waals surface area contributed by atoms with Gasteiger partial charge in [-0.15, -0.1) is 11.6 Å². The summed E-state index contributed by atoms with van der Waals surface area (Å²) in [5, 5.41) is 5.74. The first-order chi connectivity index (χ1) is 9.56. The highest BCUT2D eigenvalue weighted by molar-refractivity contribution is 6.26. The number of esters is 1. The summed E-state index contributed by atoms with van der Waals surface area (Å²) in [5.41, 5.74) is 1.35. The molecule has 0 aromatic heterocycles. The van der Waals surface area contributed by atoms with Crippen molar-refractivity contribution in [2.45, 2.75) is 6.92 Å². The van der Waals surface area contributed by atoms with E-state index in [-0.39, 0.29) is 18.4 Å². The molecule has 0 bridgehead atoms. The Morgan fingerprint density at radius 3 is 2.70 bits per heavy atom. The lowest BCUT2D eigenvalue weighted by molar-refractivity contribution is -0.140. The molecule has 1 aromatic carbocycles. The summed E-state index contributed by atoms with van der Waals surface area (Å²) in [6.07, 6.45) is 0. The van der Waals surface area contributed by atoms with Crippen molar-refractivity contribution in [3.63, 3.8) is 0 Å². The van der Waals surface area contributed by atoms with Crippen molar-refractivity contribution in [2.24, 2.45) is 0 Å². The topological polar surface area (TPSA) is 76.7 Å². The van der Waals surface area contributed by atoms with Crippen molar-refractivity contribution in [1.29, 1.82) is 0 Å². The molecule has 0 heterocycles. The Bertz CT molecular complexity index is 479. The van der Waals surface area contributed by atoms with E-state index in [0.29, 0.717) is 23.7 Å². The molecule has 1 aromatic rings. The number of nitrogens with one attached hydrogen (secondary N) is 2. The third-order valence-electron chi connectivity index (χ3n) is 2.31. The van der Waals surface area contributed by atoms with Gasteiger partial charge in [0, 0.05) is 19.2 Å². The molecule has 0 spiro atoms. The van der Waals surface area contributed by atoms with Gasteiger partial charge in [0.2, 0.25) is 5.91 Å². The average molecular weight is 301 g/mol. The zero-order valence-electron chi connectivity index (χ0n) is 11.4. The lowest BCUT2D eigenvalue weighted by Crippen LogP contribution is -2.15. The highest BCUT2D eigenvalue weighted by Crippen LogP contribution is 2.27. The molecule has 0 aliphatic carbocycles. The lowest BCUT2D eigenvalue weighted by atomic mass is 10.2. The number of amides is 1. The number of halogens is 1. The molecule has 1 amide bonds. The van der Waals surface area contributed by atoms with Gasteiger partial charge in [-0.2, -0.15) is 0 Å². The van der Waals surface area contributed by atoms with Crippen LogP contribution >= 0.6 is 11.6 Å². The summed E-state index contributed by atoms with van der Waals surface area (Å²) in [5.74, 6) is -0.159. The van der Waals surface area contributed by atoms with Crippen molar-refractivity contribution >= 4 is 34.9 Å². The standard InChI is InChI=1S/C13H17ClN2O4/c1-9(17)16-10-3-4-12(19-2)11(7-10)15-5-6-20-13(18)8-14/h3-4,7,15H,5-6,8H2,1-2H3,(H,16,17). The summed E-state index contributed by atoms with van der Waals surface area (Å²) >= 11 is 5.31.